The molecule has 2 N–H and O–H groups in total. The molecule has 0 amide bonds. The van der Waals surface area contributed by atoms with Crippen molar-refractivity contribution in [2.75, 3.05) is 32.7 Å². The Hall–Kier alpha value is -1.14. The summed E-state index contributed by atoms with van der Waals surface area (Å²) in [4.78, 5) is 13.0. The lowest BCUT2D eigenvalue weighted by Gasteiger charge is -2.20. The molecule has 23 heavy (non-hydrogen) atoms. The molecule has 0 aromatic carbocycles. The Morgan fingerprint density at radius 1 is 1.17 bits per heavy atom. The van der Waals surface area contributed by atoms with Crippen molar-refractivity contribution in [2.45, 2.75) is 53.0 Å². The predicted octanol–water partition coefficient (Wildman–Crippen LogP) is 2.69. The highest BCUT2D eigenvalue weighted by Crippen LogP contribution is 2.17. The van der Waals surface area contributed by atoms with E-state index in [9.17, 15) is 0 Å². The molecule has 0 bridgehead atoms. The van der Waals surface area contributed by atoms with E-state index in [4.69, 9.17) is 4.99 Å². The Balaban J connectivity index is 1.80. The molecule has 0 atom stereocenters. The first kappa shape index (κ1) is 18.2. The number of likely N-dealkylation sites (tertiary alicyclic amines) is 1. The monoisotopic (exact) mass is 337 g/mol. The van der Waals surface area contributed by atoms with Crippen molar-refractivity contribution in [2.24, 2.45) is 4.99 Å². The van der Waals surface area contributed by atoms with Crippen LogP contribution in [0.4, 0.5) is 0 Å². The average molecular weight is 338 g/mol. The van der Waals surface area contributed by atoms with E-state index in [1.807, 2.05) is 0 Å². The van der Waals surface area contributed by atoms with Crippen LogP contribution in [0, 0.1) is 13.8 Å². The van der Waals surface area contributed by atoms with Crippen LogP contribution in [0.5, 0.6) is 0 Å². The first-order valence-electron chi connectivity index (χ1n) is 8.86. The molecule has 0 aliphatic carbocycles. The quantitative estimate of drug-likeness (QED) is 0.619. The standard InChI is InChI=1S/C17H31N5S/c1-4-18-17(20-13-16-14(2)21-15(3)23-16)19-9-12-22-10-7-5-6-8-11-22/h4-13H2,1-3H3,(H2,18,19,20). The number of nitrogens with one attached hydrogen (secondary N) is 2. The fourth-order valence-electron chi connectivity index (χ4n) is 2.90. The second kappa shape index (κ2) is 9.88. The Kier molecular flexibility index (Phi) is 7.82. The number of aliphatic imine (C=N–C) groups is 1. The highest BCUT2D eigenvalue weighted by molar-refractivity contribution is 7.11. The van der Waals surface area contributed by atoms with E-state index in [1.165, 1.54) is 43.6 Å². The van der Waals surface area contributed by atoms with Crippen LogP contribution in [0.25, 0.3) is 0 Å². The van der Waals surface area contributed by atoms with Gasteiger partial charge in [0.25, 0.3) is 0 Å². The van der Waals surface area contributed by atoms with Crippen molar-refractivity contribution in [1.82, 2.24) is 20.5 Å². The van der Waals surface area contributed by atoms with Crippen molar-refractivity contribution in [1.29, 1.82) is 0 Å². The van der Waals surface area contributed by atoms with Crippen molar-refractivity contribution in [3.05, 3.63) is 15.6 Å². The summed E-state index contributed by atoms with van der Waals surface area (Å²) in [5.74, 6) is 0.910. The molecule has 1 aliphatic heterocycles. The lowest BCUT2D eigenvalue weighted by molar-refractivity contribution is 0.289. The molecule has 0 radical (unpaired) electrons. The molecule has 1 aromatic heterocycles. The van der Waals surface area contributed by atoms with Crippen LogP contribution in [0.1, 0.15) is 48.2 Å². The molecule has 1 aliphatic rings. The SMILES string of the molecule is CCNC(=NCc1sc(C)nc1C)NCCN1CCCCCC1. The van der Waals surface area contributed by atoms with Gasteiger partial charge in [0.2, 0.25) is 0 Å². The van der Waals surface area contributed by atoms with Crippen molar-refractivity contribution < 1.29 is 0 Å². The van der Waals surface area contributed by atoms with Crippen molar-refractivity contribution >= 4 is 17.3 Å². The summed E-state index contributed by atoms with van der Waals surface area (Å²) in [7, 11) is 0. The fourth-order valence-corrected chi connectivity index (χ4v) is 3.77. The second-order valence-electron chi connectivity index (χ2n) is 6.12. The minimum Gasteiger partial charge on any atom is -0.357 e. The molecule has 0 spiro atoms. The van der Waals surface area contributed by atoms with Gasteiger partial charge in [0.05, 0.1) is 17.2 Å². The van der Waals surface area contributed by atoms with E-state index in [0.29, 0.717) is 6.54 Å². The van der Waals surface area contributed by atoms with Gasteiger partial charge in [0.15, 0.2) is 5.96 Å². The number of aromatic nitrogens is 1. The van der Waals surface area contributed by atoms with Gasteiger partial charge in [0, 0.05) is 24.5 Å². The van der Waals surface area contributed by atoms with Crippen LogP contribution in [0.15, 0.2) is 4.99 Å². The average Bonchev–Trinajstić information content (AvgIpc) is 2.72. The molecule has 130 valence electrons. The van der Waals surface area contributed by atoms with Gasteiger partial charge in [-0.1, -0.05) is 12.8 Å². The topological polar surface area (TPSA) is 52.6 Å². The number of nitrogens with zero attached hydrogens (tertiary/aromatic N) is 3. The van der Waals surface area contributed by atoms with Crippen LogP contribution >= 0.6 is 11.3 Å². The van der Waals surface area contributed by atoms with Crippen LogP contribution in [-0.4, -0.2) is 48.6 Å². The van der Waals surface area contributed by atoms with Gasteiger partial charge < -0.3 is 15.5 Å². The largest absolute Gasteiger partial charge is 0.357 e. The third-order valence-electron chi connectivity index (χ3n) is 4.14. The molecule has 2 heterocycles. The smallest absolute Gasteiger partial charge is 0.191 e. The van der Waals surface area contributed by atoms with Gasteiger partial charge in [0.1, 0.15) is 0 Å². The van der Waals surface area contributed by atoms with Gasteiger partial charge in [-0.25, -0.2) is 9.98 Å². The molecule has 2 rings (SSSR count). The zero-order valence-electron chi connectivity index (χ0n) is 14.8. The molecular weight excluding hydrogens is 306 g/mol. The fraction of sp³-hybridized carbons (Fsp3) is 0.765. The summed E-state index contributed by atoms with van der Waals surface area (Å²) < 4.78 is 0. The molecule has 6 heteroatoms. The highest BCUT2D eigenvalue weighted by atomic mass is 32.1. The number of hydrogen-bond acceptors (Lipinski definition) is 4. The van der Waals surface area contributed by atoms with E-state index in [0.717, 1.165) is 36.3 Å². The van der Waals surface area contributed by atoms with E-state index in [2.05, 4.69) is 41.3 Å². The minimum absolute atomic E-state index is 0.705. The van der Waals surface area contributed by atoms with E-state index in [-0.39, 0.29) is 0 Å². The van der Waals surface area contributed by atoms with Gasteiger partial charge in [-0.05, 0) is 46.7 Å². The maximum Gasteiger partial charge on any atom is 0.191 e. The molecule has 1 aromatic rings. The van der Waals surface area contributed by atoms with Crippen LogP contribution in [0.3, 0.4) is 0 Å². The summed E-state index contributed by atoms with van der Waals surface area (Å²) in [5.41, 5.74) is 1.11. The van der Waals surface area contributed by atoms with E-state index in [1.54, 1.807) is 11.3 Å². The lowest BCUT2D eigenvalue weighted by atomic mass is 10.2. The van der Waals surface area contributed by atoms with Crippen LogP contribution in [0.2, 0.25) is 0 Å². The Morgan fingerprint density at radius 2 is 1.91 bits per heavy atom. The number of aryl methyl sites for hydroxylation is 2. The molecule has 5 nitrogen and oxygen atoms in total. The Bertz CT molecular complexity index is 489. The summed E-state index contributed by atoms with van der Waals surface area (Å²) in [5, 5.41) is 7.92. The Morgan fingerprint density at radius 3 is 2.52 bits per heavy atom. The number of hydrogen-bond donors (Lipinski definition) is 2. The maximum atomic E-state index is 4.71. The normalized spacial score (nSPS) is 17.1. The molecular formula is C17H31N5S. The second-order valence-corrected chi connectivity index (χ2v) is 7.41. The van der Waals surface area contributed by atoms with Gasteiger partial charge >= 0.3 is 0 Å². The summed E-state index contributed by atoms with van der Waals surface area (Å²) >= 11 is 1.74. The summed E-state index contributed by atoms with van der Waals surface area (Å²) in [6.45, 7) is 12.4. The van der Waals surface area contributed by atoms with Crippen molar-refractivity contribution in [3.63, 3.8) is 0 Å². The zero-order valence-corrected chi connectivity index (χ0v) is 15.6. The van der Waals surface area contributed by atoms with Crippen LogP contribution in [-0.2, 0) is 6.54 Å². The molecule has 1 saturated heterocycles. The van der Waals surface area contributed by atoms with Gasteiger partial charge in [-0.15, -0.1) is 11.3 Å². The number of guanidine groups is 1. The molecule has 0 unspecified atom stereocenters. The van der Waals surface area contributed by atoms with Crippen molar-refractivity contribution in [3.8, 4) is 0 Å². The maximum absolute atomic E-state index is 4.71. The lowest BCUT2D eigenvalue weighted by Crippen LogP contribution is -2.41. The summed E-state index contributed by atoms with van der Waals surface area (Å²) in [6, 6.07) is 0. The summed E-state index contributed by atoms with van der Waals surface area (Å²) in [6.07, 6.45) is 5.47. The third kappa shape index (κ3) is 6.47. The van der Waals surface area contributed by atoms with Gasteiger partial charge in [-0.3, -0.25) is 0 Å². The first-order valence-corrected chi connectivity index (χ1v) is 9.68. The number of thiazole rings is 1. The van der Waals surface area contributed by atoms with E-state index < -0.39 is 0 Å². The number of rotatable bonds is 6. The third-order valence-corrected chi connectivity index (χ3v) is 5.20. The van der Waals surface area contributed by atoms with E-state index >= 15 is 0 Å². The predicted molar refractivity (Wildman–Crippen MR) is 99.3 cm³/mol. The highest BCUT2D eigenvalue weighted by Gasteiger charge is 2.09. The minimum atomic E-state index is 0.705. The Labute approximate surface area is 144 Å². The van der Waals surface area contributed by atoms with Gasteiger partial charge in [-0.2, -0.15) is 0 Å². The zero-order chi connectivity index (χ0) is 16.5. The first-order chi connectivity index (χ1) is 11.2. The van der Waals surface area contributed by atoms with Crippen LogP contribution < -0.4 is 10.6 Å². The molecule has 0 saturated carbocycles. The molecule has 1 fully saturated rings.